The summed E-state index contributed by atoms with van der Waals surface area (Å²) < 4.78 is 11.7. The van der Waals surface area contributed by atoms with Gasteiger partial charge in [0.05, 0.1) is 4.92 Å². The lowest BCUT2D eigenvalue weighted by Gasteiger charge is -1.94. The van der Waals surface area contributed by atoms with Crippen LogP contribution in [0.5, 0.6) is 0 Å². The monoisotopic (exact) mass is 166 g/mol. The van der Waals surface area contributed by atoms with E-state index in [0.717, 1.165) is 5.56 Å². The molecular weight excluding hydrogens is 160 g/mol. The van der Waals surface area contributed by atoms with Crippen molar-refractivity contribution in [3.8, 4) is 0 Å². The SMILES string of the molecule is O=[N+]([O-])c1ccc(C[B]F)cc1. The Bertz CT molecular complexity index is 275. The molecule has 12 heavy (non-hydrogen) atoms. The van der Waals surface area contributed by atoms with Crippen LogP contribution in [-0.4, -0.2) is 12.5 Å². The quantitative estimate of drug-likeness (QED) is 0.389. The first-order valence-electron chi connectivity index (χ1n) is 3.39. The van der Waals surface area contributed by atoms with Gasteiger partial charge in [-0.25, -0.2) is 0 Å². The number of benzene rings is 1. The summed E-state index contributed by atoms with van der Waals surface area (Å²) in [5, 5.41) is 10.2. The van der Waals surface area contributed by atoms with Crippen molar-refractivity contribution in [3.05, 3.63) is 39.9 Å². The minimum Gasteiger partial charge on any atom is -0.342 e. The number of halogens is 1. The summed E-state index contributed by atoms with van der Waals surface area (Å²) in [6, 6.07) is 5.79. The summed E-state index contributed by atoms with van der Waals surface area (Å²) >= 11 is 0. The van der Waals surface area contributed by atoms with Crippen molar-refractivity contribution in [1.82, 2.24) is 0 Å². The van der Waals surface area contributed by atoms with Gasteiger partial charge >= 0.3 is 7.56 Å². The molecule has 5 heteroatoms. The van der Waals surface area contributed by atoms with Crippen molar-refractivity contribution in [2.45, 2.75) is 6.32 Å². The summed E-state index contributed by atoms with van der Waals surface area (Å²) in [6.45, 7) is 0. The average Bonchev–Trinajstić information content (AvgIpc) is 2.06. The van der Waals surface area contributed by atoms with E-state index in [9.17, 15) is 14.4 Å². The molecule has 0 spiro atoms. The maximum atomic E-state index is 11.7. The fourth-order valence-electron chi connectivity index (χ4n) is 0.843. The van der Waals surface area contributed by atoms with E-state index in [-0.39, 0.29) is 12.0 Å². The molecule has 0 bridgehead atoms. The lowest BCUT2D eigenvalue weighted by Crippen LogP contribution is -1.91. The van der Waals surface area contributed by atoms with Gasteiger partial charge in [0.1, 0.15) is 0 Å². The van der Waals surface area contributed by atoms with Crippen LogP contribution in [0, 0.1) is 10.1 Å². The molecule has 0 aliphatic rings. The van der Waals surface area contributed by atoms with Crippen LogP contribution >= 0.6 is 0 Å². The number of nitro benzene ring substituents is 1. The van der Waals surface area contributed by atoms with E-state index in [1.807, 2.05) is 0 Å². The van der Waals surface area contributed by atoms with Gasteiger partial charge in [0.2, 0.25) is 0 Å². The predicted molar refractivity (Wildman–Crippen MR) is 43.7 cm³/mol. The number of nitro groups is 1. The summed E-state index contributed by atoms with van der Waals surface area (Å²) in [5.74, 6) is 0. The van der Waals surface area contributed by atoms with Crippen molar-refractivity contribution in [2.24, 2.45) is 0 Å². The summed E-state index contributed by atoms with van der Waals surface area (Å²) in [6.07, 6.45) is 0.192. The predicted octanol–water partition coefficient (Wildman–Crippen LogP) is 1.68. The molecule has 0 atom stereocenters. The van der Waals surface area contributed by atoms with Crippen LogP contribution in [-0.2, 0) is 6.32 Å². The highest BCUT2D eigenvalue weighted by molar-refractivity contribution is 6.25. The highest BCUT2D eigenvalue weighted by Crippen LogP contribution is 2.11. The van der Waals surface area contributed by atoms with Crippen LogP contribution < -0.4 is 0 Å². The van der Waals surface area contributed by atoms with Crippen LogP contribution in [0.3, 0.4) is 0 Å². The average molecular weight is 166 g/mol. The lowest BCUT2D eigenvalue weighted by atomic mass is 9.93. The fourth-order valence-corrected chi connectivity index (χ4v) is 0.843. The van der Waals surface area contributed by atoms with Crippen molar-refractivity contribution in [1.29, 1.82) is 0 Å². The van der Waals surface area contributed by atoms with Crippen molar-refractivity contribution in [3.63, 3.8) is 0 Å². The smallest absolute Gasteiger partial charge is 0.342 e. The molecule has 0 N–H and O–H groups in total. The second kappa shape index (κ2) is 3.85. The molecule has 3 nitrogen and oxygen atoms in total. The van der Waals surface area contributed by atoms with Crippen molar-refractivity contribution >= 4 is 13.2 Å². The van der Waals surface area contributed by atoms with Gasteiger partial charge in [0.15, 0.2) is 0 Å². The number of hydrogen-bond acceptors (Lipinski definition) is 2. The fraction of sp³-hybridized carbons (Fsp3) is 0.143. The van der Waals surface area contributed by atoms with Gasteiger partial charge in [-0.1, -0.05) is 17.7 Å². The van der Waals surface area contributed by atoms with E-state index in [4.69, 9.17) is 0 Å². The zero-order chi connectivity index (χ0) is 8.97. The van der Waals surface area contributed by atoms with Crippen LogP contribution in [0.4, 0.5) is 10.0 Å². The minimum absolute atomic E-state index is 0.0256. The molecule has 0 saturated carbocycles. The maximum Gasteiger partial charge on any atom is 0.359 e. The van der Waals surface area contributed by atoms with E-state index in [1.54, 1.807) is 0 Å². The van der Waals surface area contributed by atoms with Crippen LogP contribution in [0.2, 0.25) is 0 Å². The Morgan fingerprint density at radius 3 is 2.42 bits per heavy atom. The van der Waals surface area contributed by atoms with E-state index in [2.05, 4.69) is 0 Å². The highest BCUT2D eigenvalue weighted by Gasteiger charge is 2.03. The summed E-state index contributed by atoms with van der Waals surface area (Å²) in [4.78, 5) is 9.71. The molecule has 1 aromatic carbocycles. The Morgan fingerprint density at radius 1 is 1.42 bits per heavy atom. The first-order chi connectivity index (χ1) is 5.74. The number of non-ortho nitro benzene ring substituents is 1. The zero-order valence-electron chi connectivity index (χ0n) is 6.24. The Labute approximate surface area is 69.7 Å². The molecule has 61 valence electrons. The zero-order valence-corrected chi connectivity index (χ0v) is 6.24. The Kier molecular flexibility index (Phi) is 2.79. The summed E-state index contributed by atoms with van der Waals surface area (Å²) in [7, 11) is 0.515. The number of hydrogen-bond donors (Lipinski definition) is 0. The molecule has 0 unspecified atom stereocenters. The Balaban J connectivity index is 2.78. The van der Waals surface area contributed by atoms with Crippen molar-refractivity contribution < 1.29 is 9.24 Å². The van der Waals surface area contributed by atoms with Gasteiger partial charge in [-0.2, -0.15) is 0 Å². The van der Waals surface area contributed by atoms with Gasteiger partial charge in [0.25, 0.3) is 5.69 Å². The minimum atomic E-state index is -0.483. The molecule has 1 rings (SSSR count). The largest absolute Gasteiger partial charge is 0.359 e. The second-order valence-electron chi connectivity index (χ2n) is 2.28. The van der Waals surface area contributed by atoms with E-state index >= 15 is 0 Å². The molecule has 0 aromatic heterocycles. The first kappa shape index (κ1) is 8.71. The molecular formula is C7H6BFNO2. The lowest BCUT2D eigenvalue weighted by molar-refractivity contribution is -0.384. The molecule has 0 fully saturated rings. The van der Waals surface area contributed by atoms with Crippen LogP contribution in [0.15, 0.2) is 24.3 Å². The Morgan fingerprint density at radius 2 is 2.00 bits per heavy atom. The van der Waals surface area contributed by atoms with Crippen LogP contribution in [0.1, 0.15) is 5.56 Å². The van der Waals surface area contributed by atoms with Gasteiger partial charge in [-0.15, -0.1) is 0 Å². The highest BCUT2D eigenvalue weighted by atomic mass is 19.1. The third-order valence-corrected chi connectivity index (χ3v) is 1.46. The molecule has 0 heterocycles. The van der Waals surface area contributed by atoms with Gasteiger partial charge in [0, 0.05) is 12.1 Å². The van der Waals surface area contributed by atoms with Gasteiger partial charge in [-0.3, -0.25) is 10.1 Å². The second-order valence-corrected chi connectivity index (χ2v) is 2.28. The van der Waals surface area contributed by atoms with E-state index in [0.29, 0.717) is 7.56 Å². The molecule has 0 aliphatic heterocycles. The van der Waals surface area contributed by atoms with E-state index < -0.39 is 4.92 Å². The van der Waals surface area contributed by atoms with Gasteiger partial charge < -0.3 is 4.32 Å². The third kappa shape index (κ3) is 2.05. The topological polar surface area (TPSA) is 43.1 Å². The normalized spacial score (nSPS) is 9.42. The van der Waals surface area contributed by atoms with Crippen LogP contribution in [0.25, 0.3) is 0 Å². The van der Waals surface area contributed by atoms with Gasteiger partial charge in [-0.05, 0) is 6.32 Å². The molecule has 1 radical (unpaired) electrons. The summed E-state index contributed by atoms with van der Waals surface area (Å²) in [5.41, 5.74) is 0.751. The standard InChI is InChI=1S/C7H6BFNO2/c9-8-5-6-1-3-7(4-2-6)10(11)12/h1-4H,5H2. The number of nitrogens with zero attached hydrogens (tertiary/aromatic N) is 1. The Hall–Kier alpha value is -1.39. The van der Waals surface area contributed by atoms with Crippen molar-refractivity contribution in [2.75, 3.05) is 0 Å². The molecule has 1 aromatic rings. The molecule has 0 saturated heterocycles. The molecule has 0 amide bonds. The third-order valence-electron chi connectivity index (χ3n) is 1.46. The molecule has 0 aliphatic carbocycles. The maximum absolute atomic E-state index is 11.7. The first-order valence-corrected chi connectivity index (χ1v) is 3.39. The number of rotatable bonds is 3. The van der Waals surface area contributed by atoms with E-state index in [1.165, 1.54) is 24.3 Å².